The summed E-state index contributed by atoms with van der Waals surface area (Å²) in [6, 6.07) is 4.37. The van der Waals surface area contributed by atoms with Crippen LogP contribution in [0.25, 0.3) is 0 Å². The van der Waals surface area contributed by atoms with Gasteiger partial charge in [0.25, 0.3) is 0 Å². The van der Waals surface area contributed by atoms with Gasteiger partial charge in [-0.1, -0.05) is 6.42 Å². The zero-order valence-corrected chi connectivity index (χ0v) is 14.1. The highest BCUT2D eigenvalue weighted by molar-refractivity contribution is 5.78. The third-order valence-electron chi connectivity index (χ3n) is 5.23. The first-order valence-corrected chi connectivity index (χ1v) is 8.97. The Bertz CT molecular complexity index is 522. The minimum Gasteiger partial charge on any atom is -0.465 e. The van der Waals surface area contributed by atoms with Crippen molar-refractivity contribution < 1.29 is 9.21 Å². The number of carbonyl (C=O) groups is 1. The molecule has 3 rings (SSSR count). The van der Waals surface area contributed by atoms with Crippen LogP contribution in [0.2, 0.25) is 0 Å². The normalized spacial score (nSPS) is 27.0. The molecule has 1 saturated heterocycles. The standard InChI is InChI=1S/C18H29N3O2/c1-13-7-8-17(23-13)16(21-9-2-3-10-21)12-20-18(22)14-5-4-6-15(19)11-14/h7-8,14-16H,2-6,9-12,19H2,1H3,(H,20,22). The Morgan fingerprint density at radius 2 is 2.13 bits per heavy atom. The fraction of sp³-hybridized carbons (Fsp3) is 0.722. The van der Waals surface area contributed by atoms with Crippen molar-refractivity contribution in [2.24, 2.45) is 11.7 Å². The largest absolute Gasteiger partial charge is 0.465 e. The van der Waals surface area contributed by atoms with E-state index in [0.29, 0.717) is 6.54 Å². The van der Waals surface area contributed by atoms with Gasteiger partial charge in [0.2, 0.25) is 5.91 Å². The zero-order valence-electron chi connectivity index (χ0n) is 14.1. The Hall–Kier alpha value is -1.33. The van der Waals surface area contributed by atoms with E-state index in [1.807, 2.05) is 19.1 Å². The fourth-order valence-electron chi connectivity index (χ4n) is 3.90. The van der Waals surface area contributed by atoms with Gasteiger partial charge in [0.1, 0.15) is 11.5 Å². The van der Waals surface area contributed by atoms with Gasteiger partial charge in [-0.05, 0) is 64.3 Å². The number of furan rings is 1. The summed E-state index contributed by atoms with van der Waals surface area (Å²) in [5, 5.41) is 3.16. The lowest BCUT2D eigenvalue weighted by atomic mass is 9.85. The van der Waals surface area contributed by atoms with Crippen LogP contribution in [0.4, 0.5) is 0 Å². The second-order valence-corrected chi connectivity index (χ2v) is 7.08. The average Bonchev–Trinajstić information content (AvgIpc) is 3.20. The van der Waals surface area contributed by atoms with Crippen molar-refractivity contribution >= 4 is 5.91 Å². The lowest BCUT2D eigenvalue weighted by Gasteiger charge is -2.29. The van der Waals surface area contributed by atoms with Crippen LogP contribution in [-0.4, -0.2) is 36.5 Å². The van der Waals surface area contributed by atoms with Crippen molar-refractivity contribution in [2.75, 3.05) is 19.6 Å². The van der Waals surface area contributed by atoms with E-state index in [2.05, 4.69) is 10.2 Å². The van der Waals surface area contributed by atoms with Crippen molar-refractivity contribution in [1.82, 2.24) is 10.2 Å². The number of nitrogens with two attached hydrogens (primary N) is 1. The maximum atomic E-state index is 12.5. The molecule has 23 heavy (non-hydrogen) atoms. The molecule has 1 aromatic rings. The number of likely N-dealkylation sites (tertiary alicyclic amines) is 1. The molecule has 1 aromatic heterocycles. The summed E-state index contributed by atoms with van der Waals surface area (Å²) < 4.78 is 5.84. The molecule has 2 fully saturated rings. The van der Waals surface area contributed by atoms with Crippen LogP contribution in [0.15, 0.2) is 16.5 Å². The highest BCUT2D eigenvalue weighted by atomic mass is 16.3. The fourth-order valence-corrected chi connectivity index (χ4v) is 3.90. The molecule has 1 aliphatic heterocycles. The Morgan fingerprint density at radius 3 is 2.78 bits per heavy atom. The number of nitrogens with one attached hydrogen (secondary N) is 1. The Balaban J connectivity index is 1.60. The molecule has 2 heterocycles. The van der Waals surface area contributed by atoms with Crippen LogP contribution in [0.5, 0.6) is 0 Å². The topological polar surface area (TPSA) is 71.5 Å². The molecule has 128 valence electrons. The number of amides is 1. The number of nitrogens with zero attached hydrogens (tertiary/aromatic N) is 1. The first-order chi connectivity index (χ1) is 11.1. The summed E-state index contributed by atoms with van der Waals surface area (Å²) in [5.74, 6) is 2.13. The van der Waals surface area contributed by atoms with Gasteiger partial charge in [-0.15, -0.1) is 0 Å². The smallest absolute Gasteiger partial charge is 0.223 e. The van der Waals surface area contributed by atoms with Gasteiger partial charge >= 0.3 is 0 Å². The molecule has 1 saturated carbocycles. The summed E-state index contributed by atoms with van der Waals surface area (Å²) in [4.78, 5) is 14.9. The van der Waals surface area contributed by atoms with Gasteiger partial charge in [0.15, 0.2) is 0 Å². The average molecular weight is 319 g/mol. The zero-order chi connectivity index (χ0) is 16.2. The second-order valence-electron chi connectivity index (χ2n) is 7.08. The van der Waals surface area contributed by atoms with Gasteiger partial charge in [0, 0.05) is 18.5 Å². The monoisotopic (exact) mass is 319 g/mol. The molecule has 2 aliphatic rings. The van der Waals surface area contributed by atoms with Crippen LogP contribution in [0.3, 0.4) is 0 Å². The van der Waals surface area contributed by atoms with Crippen molar-refractivity contribution in [1.29, 1.82) is 0 Å². The number of hydrogen-bond donors (Lipinski definition) is 2. The van der Waals surface area contributed by atoms with E-state index in [1.54, 1.807) is 0 Å². The molecule has 5 nitrogen and oxygen atoms in total. The number of rotatable bonds is 5. The van der Waals surface area contributed by atoms with E-state index in [-0.39, 0.29) is 23.9 Å². The van der Waals surface area contributed by atoms with Crippen molar-refractivity contribution in [3.8, 4) is 0 Å². The maximum absolute atomic E-state index is 12.5. The van der Waals surface area contributed by atoms with E-state index in [1.165, 1.54) is 12.8 Å². The predicted octanol–water partition coefficient (Wildman–Crippen LogP) is 2.36. The maximum Gasteiger partial charge on any atom is 0.223 e. The molecule has 1 aliphatic carbocycles. The highest BCUT2D eigenvalue weighted by Crippen LogP contribution is 2.27. The molecule has 3 N–H and O–H groups in total. The molecule has 0 spiro atoms. The predicted molar refractivity (Wildman–Crippen MR) is 89.9 cm³/mol. The molecular weight excluding hydrogens is 290 g/mol. The Labute approximate surface area is 138 Å². The summed E-state index contributed by atoms with van der Waals surface area (Å²) in [6.45, 7) is 4.74. The minimum atomic E-state index is 0.0799. The first kappa shape index (κ1) is 16.5. The van der Waals surface area contributed by atoms with E-state index in [0.717, 1.165) is 50.3 Å². The molecule has 1 amide bonds. The summed E-state index contributed by atoms with van der Waals surface area (Å²) >= 11 is 0. The Morgan fingerprint density at radius 1 is 1.35 bits per heavy atom. The number of hydrogen-bond acceptors (Lipinski definition) is 4. The van der Waals surface area contributed by atoms with E-state index in [4.69, 9.17) is 10.2 Å². The minimum absolute atomic E-state index is 0.0799. The summed E-state index contributed by atoms with van der Waals surface area (Å²) in [6.07, 6.45) is 6.34. The van der Waals surface area contributed by atoms with Crippen molar-refractivity contribution in [3.05, 3.63) is 23.7 Å². The molecule has 0 aromatic carbocycles. The molecule has 0 radical (unpaired) electrons. The molecule has 5 heteroatoms. The quantitative estimate of drug-likeness (QED) is 0.874. The molecule has 3 unspecified atom stereocenters. The van der Waals surface area contributed by atoms with Crippen LogP contribution >= 0.6 is 0 Å². The van der Waals surface area contributed by atoms with Crippen LogP contribution in [0, 0.1) is 12.8 Å². The third-order valence-corrected chi connectivity index (χ3v) is 5.23. The third kappa shape index (κ3) is 4.15. The van der Waals surface area contributed by atoms with Gasteiger partial charge in [0.05, 0.1) is 6.04 Å². The lowest BCUT2D eigenvalue weighted by molar-refractivity contribution is -0.126. The molecular formula is C18H29N3O2. The van der Waals surface area contributed by atoms with Crippen LogP contribution in [0.1, 0.15) is 56.1 Å². The summed E-state index contributed by atoms with van der Waals surface area (Å²) in [5.41, 5.74) is 6.01. The van der Waals surface area contributed by atoms with Gasteiger partial charge in [-0.2, -0.15) is 0 Å². The molecule has 3 atom stereocenters. The summed E-state index contributed by atoms with van der Waals surface area (Å²) in [7, 11) is 0. The first-order valence-electron chi connectivity index (χ1n) is 8.97. The SMILES string of the molecule is Cc1ccc(C(CNC(=O)C2CCCC(N)C2)N2CCCC2)o1. The van der Waals surface area contributed by atoms with E-state index < -0.39 is 0 Å². The van der Waals surface area contributed by atoms with Gasteiger partial charge in [-0.25, -0.2) is 0 Å². The van der Waals surface area contributed by atoms with E-state index in [9.17, 15) is 4.79 Å². The van der Waals surface area contributed by atoms with Crippen molar-refractivity contribution in [2.45, 2.75) is 57.5 Å². The lowest BCUT2D eigenvalue weighted by Crippen LogP contribution is -2.41. The highest BCUT2D eigenvalue weighted by Gasteiger charge is 2.29. The number of aryl methyl sites for hydroxylation is 1. The Kier molecular flexibility index (Phi) is 5.38. The van der Waals surface area contributed by atoms with Crippen molar-refractivity contribution in [3.63, 3.8) is 0 Å². The van der Waals surface area contributed by atoms with Crippen LogP contribution in [-0.2, 0) is 4.79 Å². The molecule has 0 bridgehead atoms. The van der Waals surface area contributed by atoms with Crippen LogP contribution < -0.4 is 11.1 Å². The number of carbonyl (C=O) groups excluding carboxylic acids is 1. The van der Waals surface area contributed by atoms with Gasteiger partial charge < -0.3 is 15.5 Å². The second kappa shape index (κ2) is 7.49. The van der Waals surface area contributed by atoms with Gasteiger partial charge in [-0.3, -0.25) is 9.69 Å². The van der Waals surface area contributed by atoms with E-state index >= 15 is 0 Å².